The van der Waals surface area contributed by atoms with Crippen molar-refractivity contribution in [2.45, 2.75) is 12.8 Å². The standard InChI is InChI=1S/C17H21ClN2O/c18-16-3-1-2-14(10-16)17(21)20-7-6-19-11-15-9-12-4-5-13(15)8-12/h1-5,10,12-13,15,19H,6-9,11H2,(H,20,21). The lowest BCUT2D eigenvalue weighted by Gasteiger charge is -2.18. The van der Waals surface area contributed by atoms with Crippen LogP contribution in [0.5, 0.6) is 0 Å². The van der Waals surface area contributed by atoms with Crippen LogP contribution in [0.2, 0.25) is 5.02 Å². The van der Waals surface area contributed by atoms with Crippen LogP contribution in [0.1, 0.15) is 23.2 Å². The molecule has 3 rings (SSSR count). The van der Waals surface area contributed by atoms with Crippen molar-refractivity contribution in [1.29, 1.82) is 0 Å². The van der Waals surface area contributed by atoms with Gasteiger partial charge in [0.15, 0.2) is 0 Å². The molecule has 0 aliphatic heterocycles. The first-order valence-electron chi connectivity index (χ1n) is 7.65. The van der Waals surface area contributed by atoms with Crippen LogP contribution in [0.15, 0.2) is 36.4 Å². The second-order valence-corrected chi connectivity index (χ2v) is 6.45. The maximum Gasteiger partial charge on any atom is 0.251 e. The second kappa shape index (κ2) is 6.63. The Hall–Kier alpha value is -1.32. The molecule has 1 amide bonds. The Morgan fingerprint density at radius 2 is 2.14 bits per heavy atom. The Kier molecular flexibility index (Phi) is 4.61. The highest BCUT2D eigenvalue weighted by molar-refractivity contribution is 6.30. The van der Waals surface area contributed by atoms with E-state index < -0.39 is 0 Å². The fourth-order valence-electron chi connectivity index (χ4n) is 3.41. The molecule has 4 heteroatoms. The summed E-state index contributed by atoms with van der Waals surface area (Å²) in [6.07, 6.45) is 7.41. The third kappa shape index (κ3) is 3.66. The predicted octanol–water partition coefficient (Wildman–Crippen LogP) is 2.87. The van der Waals surface area contributed by atoms with Crippen LogP contribution < -0.4 is 10.6 Å². The minimum atomic E-state index is -0.0674. The number of hydrogen-bond acceptors (Lipinski definition) is 2. The van der Waals surface area contributed by atoms with Crippen LogP contribution in [0.3, 0.4) is 0 Å². The summed E-state index contributed by atoms with van der Waals surface area (Å²) in [6, 6.07) is 7.02. The number of halogens is 1. The maximum atomic E-state index is 11.9. The lowest BCUT2D eigenvalue weighted by Crippen LogP contribution is -2.34. The minimum Gasteiger partial charge on any atom is -0.351 e. The smallest absolute Gasteiger partial charge is 0.251 e. The normalized spacial score (nSPS) is 26.2. The van der Waals surface area contributed by atoms with Crippen molar-refractivity contribution < 1.29 is 4.79 Å². The van der Waals surface area contributed by atoms with Gasteiger partial charge in [-0.2, -0.15) is 0 Å². The van der Waals surface area contributed by atoms with Crippen molar-refractivity contribution in [1.82, 2.24) is 10.6 Å². The van der Waals surface area contributed by atoms with Crippen molar-refractivity contribution in [3.05, 3.63) is 47.0 Å². The topological polar surface area (TPSA) is 41.1 Å². The van der Waals surface area contributed by atoms with Crippen LogP contribution in [0.4, 0.5) is 0 Å². The first kappa shape index (κ1) is 14.6. The average Bonchev–Trinajstić information content (AvgIpc) is 3.09. The highest BCUT2D eigenvalue weighted by atomic mass is 35.5. The molecular weight excluding hydrogens is 284 g/mol. The van der Waals surface area contributed by atoms with Crippen molar-refractivity contribution in [2.75, 3.05) is 19.6 Å². The summed E-state index contributed by atoms with van der Waals surface area (Å²) in [7, 11) is 0. The van der Waals surface area contributed by atoms with Crippen LogP contribution in [-0.2, 0) is 0 Å². The van der Waals surface area contributed by atoms with Gasteiger partial charge >= 0.3 is 0 Å². The molecule has 2 N–H and O–H groups in total. The van der Waals surface area contributed by atoms with Gasteiger partial charge in [0, 0.05) is 23.7 Å². The van der Waals surface area contributed by atoms with Crippen molar-refractivity contribution in [3.8, 4) is 0 Å². The van der Waals surface area contributed by atoms with Gasteiger partial charge in [0.25, 0.3) is 5.91 Å². The molecule has 112 valence electrons. The van der Waals surface area contributed by atoms with Crippen LogP contribution in [-0.4, -0.2) is 25.5 Å². The van der Waals surface area contributed by atoms with E-state index in [-0.39, 0.29) is 5.91 Å². The van der Waals surface area contributed by atoms with Gasteiger partial charge in [-0.3, -0.25) is 4.79 Å². The van der Waals surface area contributed by atoms with E-state index in [0.29, 0.717) is 17.1 Å². The molecule has 1 aromatic rings. The second-order valence-electron chi connectivity index (χ2n) is 6.01. The number of nitrogens with one attached hydrogen (secondary N) is 2. The fourth-order valence-corrected chi connectivity index (χ4v) is 3.60. The largest absolute Gasteiger partial charge is 0.351 e. The molecule has 0 spiro atoms. The van der Waals surface area contributed by atoms with E-state index in [1.165, 1.54) is 12.8 Å². The van der Waals surface area contributed by atoms with E-state index in [1.54, 1.807) is 24.3 Å². The highest BCUT2D eigenvalue weighted by Crippen LogP contribution is 2.42. The van der Waals surface area contributed by atoms with Gasteiger partial charge in [-0.15, -0.1) is 0 Å². The zero-order chi connectivity index (χ0) is 14.7. The molecule has 3 unspecified atom stereocenters. The summed E-state index contributed by atoms with van der Waals surface area (Å²) in [6.45, 7) is 2.50. The Bertz CT molecular complexity index is 543. The molecule has 0 aromatic heterocycles. The lowest BCUT2D eigenvalue weighted by molar-refractivity contribution is 0.0954. The number of hydrogen-bond donors (Lipinski definition) is 2. The Labute approximate surface area is 130 Å². The van der Waals surface area contributed by atoms with Crippen molar-refractivity contribution in [2.24, 2.45) is 17.8 Å². The van der Waals surface area contributed by atoms with E-state index in [4.69, 9.17) is 11.6 Å². The average molecular weight is 305 g/mol. The van der Waals surface area contributed by atoms with Gasteiger partial charge in [0.2, 0.25) is 0 Å². The number of carbonyl (C=O) groups excluding carboxylic acids is 1. The van der Waals surface area contributed by atoms with Gasteiger partial charge in [-0.1, -0.05) is 29.8 Å². The first-order valence-corrected chi connectivity index (χ1v) is 8.03. The van der Waals surface area contributed by atoms with Gasteiger partial charge < -0.3 is 10.6 Å². The number of benzene rings is 1. The molecule has 1 fully saturated rings. The minimum absolute atomic E-state index is 0.0674. The molecule has 21 heavy (non-hydrogen) atoms. The highest BCUT2D eigenvalue weighted by Gasteiger charge is 2.34. The molecule has 3 nitrogen and oxygen atoms in total. The molecule has 1 saturated carbocycles. The predicted molar refractivity (Wildman–Crippen MR) is 85.5 cm³/mol. The maximum absolute atomic E-state index is 11.9. The summed E-state index contributed by atoms with van der Waals surface area (Å²) in [5, 5.41) is 6.96. The molecule has 0 saturated heterocycles. The van der Waals surface area contributed by atoms with Gasteiger partial charge in [0.1, 0.15) is 0 Å². The molecule has 2 aliphatic carbocycles. The zero-order valence-electron chi connectivity index (χ0n) is 12.0. The van der Waals surface area contributed by atoms with Gasteiger partial charge in [-0.25, -0.2) is 0 Å². The molecule has 0 radical (unpaired) electrons. The molecule has 3 atom stereocenters. The third-order valence-electron chi connectivity index (χ3n) is 4.50. The van der Waals surface area contributed by atoms with Crippen LogP contribution >= 0.6 is 11.6 Å². The fraction of sp³-hybridized carbons (Fsp3) is 0.471. The summed E-state index contributed by atoms with van der Waals surface area (Å²) < 4.78 is 0. The van der Waals surface area contributed by atoms with E-state index in [1.807, 2.05) is 0 Å². The summed E-state index contributed by atoms with van der Waals surface area (Å²) in [5.41, 5.74) is 0.612. The Morgan fingerprint density at radius 1 is 1.24 bits per heavy atom. The number of amides is 1. The Morgan fingerprint density at radius 3 is 2.86 bits per heavy atom. The van der Waals surface area contributed by atoms with Gasteiger partial charge in [0.05, 0.1) is 0 Å². The summed E-state index contributed by atoms with van der Waals surface area (Å²) in [4.78, 5) is 11.9. The van der Waals surface area contributed by atoms with E-state index in [9.17, 15) is 4.79 Å². The first-order chi connectivity index (χ1) is 10.2. The molecule has 1 aromatic carbocycles. The number of rotatable bonds is 6. The zero-order valence-corrected chi connectivity index (χ0v) is 12.8. The molecule has 0 heterocycles. The quantitative estimate of drug-likeness (QED) is 0.627. The van der Waals surface area contributed by atoms with E-state index in [0.717, 1.165) is 30.8 Å². The van der Waals surface area contributed by atoms with Crippen molar-refractivity contribution >= 4 is 17.5 Å². The van der Waals surface area contributed by atoms with E-state index in [2.05, 4.69) is 22.8 Å². The molecular formula is C17H21ClN2O. The SMILES string of the molecule is O=C(NCCNCC1CC2C=CC1C2)c1cccc(Cl)c1. The molecule has 2 aliphatic rings. The summed E-state index contributed by atoms with van der Waals surface area (Å²) >= 11 is 5.88. The number of carbonyl (C=O) groups is 1. The van der Waals surface area contributed by atoms with Crippen LogP contribution in [0.25, 0.3) is 0 Å². The van der Waals surface area contributed by atoms with E-state index >= 15 is 0 Å². The van der Waals surface area contributed by atoms with Crippen molar-refractivity contribution in [3.63, 3.8) is 0 Å². The number of fused-ring (bicyclic) bond motifs is 2. The van der Waals surface area contributed by atoms with Gasteiger partial charge in [-0.05, 0) is 55.3 Å². The monoisotopic (exact) mass is 304 g/mol. The summed E-state index contributed by atoms with van der Waals surface area (Å²) in [5.74, 6) is 2.32. The Balaban J connectivity index is 1.33. The van der Waals surface area contributed by atoms with Crippen LogP contribution in [0, 0.1) is 17.8 Å². The third-order valence-corrected chi connectivity index (χ3v) is 4.73. The molecule has 2 bridgehead atoms. The lowest BCUT2D eigenvalue weighted by atomic mass is 9.94. The number of allylic oxidation sites excluding steroid dienone is 2.